The van der Waals surface area contributed by atoms with Crippen molar-refractivity contribution >= 4 is 56.2 Å². The molecular weight excluding hydrogens is 705 g/mol. The number of hydroxylamine groups is 2. The van der Waals surface area contributed by atoms with Crippen LogP contribution in [0.15, 0.2) is 34.4 Å². The van der Waals surface area contributed by atoms with Crippen LogP contribution < -0.4 is 26.8 Å². The van der Waals surface area contributed by atoms with Gasteiger partial charge in [0.05, 0.1) is 11.6 Å². The number of amidine groups is 1. The molecule has 3 unspecified atom stereocenters. The monoisotopic (exact) mass is 736 g/mol. The number of carbonyl (C=O) groups excluding carboxylic acids is 2. The number of hydrogen-bond donors (Lipinski definition) is 6. The number of alkyl halides is 3. The Hall–Kier alpha value is -4.58. The van der Waals surface area contributed by atoms with Crippen LogP contribution in [-0.2, 0) is 40.1 Å². The summed E-state index contributed by atoms with van der Waals surface area (Å²) < 4.78 is 82.3. The van der Waals surface area contributed by atoms with E-state index in [2.05, 4.69) is 30.0 Å². The van der Waals surface area contributed by atoms with Gasteiger partial charge in [0.2, 0.25) is 0 Å². The maximum absolute atomic E-state index is 13.8. The summed E-state index contributed by atoms with van der Waals surface area (Å²) in [6.45, 7) is 3.24. The zero-order valence-electron chi connectivity index (χ0n) is 25.6. The van der Waals surface area contributed by atoms with Gasteiger partial charge in [-0.3, -0.25) is 19.1 Å². The highest BCUT2D eigenvalue weighted by molar-refractivity contribution is 7.80. The summed E-state index contributed by atoms with van der Waals surface area (Å²) in [5.74, 6) is -3.97. The smallest absolute Gasteiger partial charge is 0.427 e. The third kappa shape index (κ3) is 9.11. The third-order valence-corrected chi connectivity index (χ3v) is 8.42. The van der Waals surface area contributed by atoms with Crippen molar-refractivity contribution in [3.05, 3.63) is 40.4 Å². The Morgan fingerprint density at radius 3 is 2.51 bits per heavy atom. The lowest BCUT2D eigenvalue weighted by atomic mass is 9.84. The number of aliphatic imine (C=N–C) groups is 1. The van der Waals surface area contributed by atoms with Crippen molar-refractivity contribution in [3.8, 4) is 5.75 Å². The first kappa shape index (κ1) is 37.2. The fourth-order valence-electron chi connectivity index (χ4n) is 4.67. The number of β-lactam (4-membered cyclic amide) rings is 1. The molecule has 2 aromatic rings. The molecule has 0 saturated carbocycles. The number of benzene rings is 1. The van der Waals surface area contributed by atoms with E-state index in [0.29, 0.717) is 17.9 Å². The Bertz CT molecular complexity index is 1740. The Labute approximate surface area is 280 Å². The van der Waals surface area contributed by atoms with Crippen LogP contribution in [-0.4, -0.2) is 101 Å². The maximum Gasteiger partial charge on any atom is 0.427 e. The number of aromatic nitrogens is 1. The number of carboxylic acids is 1. The number of nitrogens with two attached hydrogens (primary N) is 2. The number of rotatable bonds is 13. The van der Waals surface area contributed by atoms with Gasteiger partial charge in [0.15, 0.2) is 10.8 Å². The van der Waals surface area contributed by atoms with Gasteiger partial charge in [-0.25, -0.2) is 9.78 Å². The molecule has 18 nitrogen and oxygen atoms in total. The molecule has 268 valence electrons. The molecule has 3 atom stereocenters. The molecule has 2 fully saturated rings. The summed E-state index contributed by atoms with van der Waals surface area (Å²) in [7, 11) is -5.16. The van der Waals surface area contributed by atoms with Crippen molar-refractivity contribution in [1.82, 2.24) is 20.7 Å². The number of nitrogen functional groups attached to an aromatic ring is 1. The summed E-state index contributed by atoms with van der Waals surface area (Å²) in [5, 5.41) is 17.9. The van der Waals surface area contributed by atoms with E-state index in [4.69, 9.17) is 25.6 Å². The second-order valence-electron chi connectivity index (χ2n) is 11.1. The van der Waals surface area contributed by atoms with Crippen LogP contribution in [0.5, 0.6) is 5.75 Å². The molecule has 0 aliphatic carbocycles. The van der Waals surface area contributed by atoms with E-state index in [1.165, 1.54) is 26.0 Å². The molecule has 1 aromatic carbocycles. The zero-order chi connectivity index (χ0) is 36.3. The second-order valence-corrected chi connectivity index (χ2v) is 13.2. The van der Waals surface area contributed by atoms with E-state index >= 15 is 0 Å². The number of amides is 2. The highest BCUT2D eigenvalue weighted by atomic mass is 32.3. The zero-order valence-corrected chi connectivity index (χ0v) is 27.3. The molecule has 2 aliphatic heterocycles. The molecule has 2 aliphatic rings. The summed E-state index contributed by atoms with van der Waals surface area (Å²) in [6.07, 6.45) is -5.25. The number of halogens is 3. The van der Waals surface area contributed by atoms with Gasteiger partial charge in [0.25, 0.3) is 17.9 Å². The molecular formula is C26H31F3N8O10S2. The lowest BCUT2D eigenvalue weighted by molar-refractivity contribution is -0.218. The van der Waals surface area contributed by atoms with Crippen molar-refractivity contribution in [3.63, 3.8) is 0 Å². The molecule has 8 N–H and O–H groups in total. The number of aliphatic carboxylic acids is 1. The van der Waals surface area contributed by atoms with Crippen molar-refractivity contribution < 1.29 is 59.5 Å². The largest absolute Gasteiger partial charge is 0.489 e. The number of hydrogen-bond acceptors (Lipinski definition) is 14. The number of carboxylic acid groups (broad SMARTS) is 1. The number of nitrogens with zero attached hydrogens (tertiary/aromatic N) is 4. The van der Waals surface area contributed by atoms with E-state index in [1.807, 2.05) is 0 Å². The molecule has 1 aromatic heterocycles. The number of piperidine rings is 1. The minimum Gasteiger partial charge on any atom is -0.489 e. The number of nitrogens with one attached hydrogen (secondary N) is 2. The number of carbonyl (C=O) groups is 3. The molecule has 0 radical (unpaired) electrons. The third-order valence-electron chi connectivity index (χ3n) is 7.15. The van der Waals surface area contributed by atoms with Crippen LogP contribution in [0.3, 0.4) is 0 Å². The fraction of sp³-hybridized carbons (Fsp3) is 0.462. The van der Waals surface area contributed by atoms with Gasteiger partial charge in [-0.2, -0.15) is 26.7 Å². The van der Waals surface area contributed by atoms with Crippen molar-refractivity contribution in [2.75, 3.05) is 25.4 Å². The minimum absolute atomic E-state index is 0.0214. The van der Waals surface area contributed by atoms with Gasteiger partial charge in [-0.1, -0.05) is 16.5 Å². The highest BCUT2D eigenvalue weighted by Crippen LogP contribution is 2.38. The van der Waals surface area contributed by atoms with Crippen LogP contribution in [0.4, 0.5) is 18.3 Å². The maximum atomic E-state index is 13.8. The SMILES string of the molecule is CC1(C)C(NC(=O)C(=NOC(COc2ccc(C(N)=NC3CCCNC3)cc2)C(=O)O)c2nc(N)sc2C(F)(F)F)C(=O)N1OS(=O)(=O)O. The first-order valence-electron chi connectivity index (χ1n) is 14.2. The van der Waals surface area contributed by atoms with E-state index in [9.17, 15) is 41.1 Å². The molecule has 2 saturated heterocycles. The first-order valence-corrected chi connectivity index (χ1v) is 16.4. The van der Waals surface area contributed by atoms with Crippen LogP contribution >= 0.6 is 11.3 Å². The standard InChI is InChI=1S/C26H31F3N8O10S2/c1-25(2)18(22(39)37(25)47-49(42,43)44)35-21(38)17(16-19(26(27,28)29)48-24(31)34-16)36-46-15(23(40)41)11-45-14-7-5-12(6-8-14)20(30)33-13-4-3-9-32-10-13/h5-8,13,15,18,32H,3-4,9-11H2,1-2H3,(H2,30,33)(H2,31,34)(H,35,38)(H,40,41)(H,42,43,44). The van der Waals surface area contributed by atoms with Gasteiger partial charge in [0.1, 0.15) is 34.8 Å². The predicted molar refractivity (Wildman–Crippen MR) is 165 cm³/mol. The lowest BCUT2D eigenvalue weighted by Gasteiger charge is -2.50. The number of oxime groups is 1. The quantitative estimate of drug-likeness (QED) is 0.0531. The second kappa shape index (κ2) is 14.5. The molecule has 0 bridgehead atoms. The Kier molecular flexibility index (Phi) is 11.0. The van der Waals surface area contributed by atoms with E-state index in [1.54, 1.807) is 12.1 Å². The lowest BCUT2D eigenvalue weighted by Crippen LogP contribution is -2.76. The number of anilines is 1. The summed E-state index contributed by atoms with van der Waals surface area (Å²) in [6, 6.07) is 4.50. The van der Waals surface area contributed by atoms with Crippen molar-refractivity contribution in [2.24, 2.45) is 15.9 Å². The van der Waals surface area contributed by atoms with Gasteiger partial charge < -0.3 is 36.8 Å². The van der Waals surface area contributed by atoms with Gasteiger partial charge in [-0.15, -0.1) is 4.28 Å². The topological polar surface area (TPSA) is 270 Å². The Morgan fingerprint density at radius 1 is 1.29 bits per heavy atom. The minimum atomic E-state index is -5.16. The molecule has 3 heterocycles. The van der Waals surface area contributed by atoms with Crippen LogP contribution in [0.25, 0.3) is 0 Å². The van der Waals surface area contributed by atoms with Crippen LogP contribution in [0.1, 0.15) is 42.8 Å². The average molecular weight is 737 g/mol. The first-order chi connectivity index (χ1) is 22.8. The van der Waals surface area contributed by atoms with E-state index < -0.39 is 80.1 Å². The number of thiazole rings is 1. The van der Waals surface area contributed by atoms with Gasteiger partial charge in [-0.05, 0) is 57.5 Å². The average Bonchev–Trinajstić information content (AvgIpc) is 3.42. The molecule has 49 heavy (non-hydrogen) atoms. The molecule has 23 heteroatoms. The van der Waals surface area contributed by atoms with E-state index in [0.717, 1.165) is 19.4 Å². The van der Waals surface area contributed by atoms with Crippen LogP contribution in [0, 0.1) is 0 Å². The summed E-state index contributed by atoms with van der Waals surface area (Å²) in [4.78, 5) is 49.2. The van der Waals surface area contributed by atoms with Crippen molar-refractivity contribution in [1.29, 1.82) is 0 Å². The predicted octanol–water partition coefficient (Wildman–Crippen LogP) is 0.294. The summed E-state index contributed by atoms with van der Waals surface area (Å²) >= 11 is -0.0524. The molecule has 0 spiro atoms. The fourth-order valence-corrected chi connectivity index (χ4v) is 5.83. The Morgan fingerprint density at radius 2 is 1.96 bits per heavy atom. The van der Waals surface area contributed by atoms with E-state index in [-0.39, 0.29) is 28.2 Å². The normalized spacial score (nSPS) is 20.7. The van der Waals surface area contributed by atoms with Crippen LogP contribution in [0.2, 0.25) is 0 Å². The van der Waals surface area contributed by atoms with Gasteiger partial charge >= 0.3 is 22.5 Å². The highest BCUT2D eigenvalue weighted by Gasteiger charge is 2.58. The Balaban J connectivity index is 1.53. The summed E-state index contributed by atoms with van der Waals surface area (Å²) in [5.41, 5.74) is 8.12. The molecule has 2 amide bonds. The number of ether oxygens (including phenoxy) is 1. The van der Waals surface area contributed by atoms with Gasteiger partial charge in [0, 0.05) is 12.1 Å². The van der Waals surface area contributed by atoms with Crippen molar-refractivity contribution in [2.45, 2.75) is 56.6 Å². The molecule has 4 rings (SSSR count).